The Bertz CT molecular complexity index is 1560. The zero-order valence-corrected chi connectivity index (χ0v) is 21.6. The van der Waals surface area contributed by atoms with Crippen molar-refractivity contribution in [3.05, 3.63) is 80.4 Å². The molecule has 5 aromatic rings. The summed E-state index contributed by atoms with van der Waals surface area (Å²) >= 11 is 9.30. The summed E-state index contributed by atoms with van der Waals surface area (Å²) in [4.78, 5) is 13.4. The molecule has 0 saturated heterocycles. The van der Waals surface area contributed by atoms with Crippen molar-refractivity contribution in [3.8, 4) is 11.5 Å². The average molecular weight is 527 g/mol. The van der Waals surface area contributed by atoms with E-state index in [2.05, 4.69) is 10.2 Å². The molecular formula is C25H23ClN4O3S2. The van der Waals surface area contributed by atoms with E-state index in [-0.39, 0.29) is 5.56 Å². The van der Waals surface area contributed by atoms with Gasteiger partial charge in [0.25, 0.3) is 5.56 Å². The maximum atomic E-state index is 13.4. The van der Waals surface area contributed by atoms with Crippen LogP contribution in [-0.4, -0.2) is 32.4 Å². The number of nitrogens with zero attached hydrogens (tertiary/aromatic N) is 4. The average Bonchev–Trinajstić information content (AvgIpc) is 3.50. The predicted octanol–water partition coefficient (Wildman–Crippen LogP) is 5.90. The lowest BCUT2D eigenvalue weighted by atomic mass is 10.2. The SMILES string of the molecule is CCOc1ccc(Cn2c(=O)c3sccc3n3c(SCc4ccccc4Cl)nnc23)cc1OCC. The fraction of sp³-hybridized carbons (Fsp3) is 0.240. The summed E-state index contributed by atoms with van der Waals surface area (Å²) in [6.07, 6.45) is 0. The van der Waals surface area contributed by atoms with Crippen molar-refractivity contribution >= 4 is 50.7 Å². The van der Waals surface area contributed by atoms with Crippen LogP contribution < -0.4 is 15.0 Å². The Hall–Kier alpha value is -3.01. The molecule has 0 aliphatic carbocycles. The van der Waals surface area contributed by atoms with Gasteiger partial charge in [-0.05, 0) is 54.6 Å². The highest BCUT2D eigenvalue weighted by atomic mass is 35.5. The fourth-order valence-corrected chi connectivity index (χ4v) is 5.92. The second-order valence-electron chi connectivity index (χ2n) is 7.67. The molecule has 180 valence electrons. The van der Waals surface area contributed by atoms with Gasteiger partial charge < -0.3 is 9.47 Å². The Morgan fingerprint density at radius 2 is 1.83 bits per heavy atom. The molecule has 0 radical (unpaired) electrons. The number of aromatic nitrogens is 4. The molecule has 35 heavy (non-hydrogen) atoms. The maximum Gasteiger partial charge on any atom is 0.273 e. The molecule has 3 heterocycles. The molecule has 3 aromatic heterocycles. The van der Waals surface area contributed by atoms with Gasteiger partial charge in [-0.15, -0.1) is 21.5 Å². The maximum absolute atomic E-state index is 13.4. The molecule has 10 heteroatoms. The van der Waals surface area contributed by atoms with Crippen LogP contribution in [0, 0.1) is 0 Å². The van der Waals surface area contributed by atoms with Gasteiger partial charge in [-0.1, -0.05) is 47.6 Å². The summed E-state index contributed by atoms with van der Waals surface area (Å²) in [5.41, 5.74) is 2.64. The number of thiophene rings is 1. The van der Waals surface area contributed by atoms with E-state index in [1.54, 1.807) is 4.57 Å². The smallest absolute Gasteiger partial charge is 0.273 e. The van der Waals surface area contributed by atoms with Crippen LogP contribution in [0.15, 0.2) is 63.9 Å². The topological polar surface area (TPSA) is 70.7 Å². The van der Waals surface area contributed by atoms with Crippen molar-refractivity contribution in [2.75, 3.05) is 13.2 Å². The molecule has 2 aromatic carbocycles. The van der Waals surface area contributed by atoms with Gasteiger partial charge in [-0.3, -0.25) is 13.8 Å². The normalized spacial score (nSPS) is 11.4. The second kappa shape index (κ2) is 10.3. The highest BCUT2D eigenvalue weighted by Crippen LogP contribution is 2.31. The Morgan fingerprint density at radius 3 is 2.63 bits per heavy atom. The molecule has 0 fully saturated rings. The molecule has 0 atom stereocenters. The monoisotopic (exact) mass is 526 g/mol. The third-order valence-corrected chi connectivity index (χ3v) is 7.68. The van der Waals surface area contributed by atoms with Crippen LogP contribution in [0.3, 0.4) is 0 Å². The van der Waals surface area contributed by atoms with Gasteiger partial charge >= 0.3 is 0 Å². The lowest BCUT2D eigenvalue weighted by molar-refractivity contribution is 0.287. The summed E-state index contributed by atoms with van der Waals surface area (Å²) in [5.74, 6) is 2.48. The van der Waals surface area contributed by atoms with Crippen LogP contribution in [0.1, 0.15) is 25.0 Å². The second-order valence-corrected chi connectivity index (χ2v) is 9.94. The highest BCUT2D eigenvalue weighted by Gasteiger charge is 2.19. The first-order chi connectivity index (χ1) is 17.1. The van der Waals surface area contributed by atoms with Crippen LogP contribution in [0.4, 0.5) is 0 Å². The summed E-state index contributed by atoms with van der Waals surface area (Å²) < 4.78 is 15.7. The molecule has 0 spiro atoms. The Kier molecular flexibility index (Phi) is 6.99. The Morgan fingerprint density at radius 1 is 1.03 bits per heavy atom. The molecule has 0 N–H and O–H groups in total. The molecule has 0 unspecified atom stereocenters. The van der Waals surface area contributed by atoms with Gasteiger partial charge in [0.05, 0.1) is 25.3 Å². The minimum Gasteiger partial charge on any atom is -0.490 e. The van der Waals surface area contributed by atoms with Crippen molar-refractivity contribution in [2.45, 2.75) is 31.3 Å². The van der Waals surface area contributed by atoms with Crippen molar-refractivity contribution in [1.29, 1.82) is 0 Å². The fourth-order valence-electron chi connectivity index (χ4n) is 3.87. The minimum atomic E-state index is -0.0931. The molecule has 0 amide bonds. The first kappa shape index (κ1) is 23.7. The molecule has 0 saturated carbocycles. The standard InChI is InChI=1S/C25H23ClN4O3S2/c1-3-32-20-10-9-16(13-21(20)33-4-2)14-29-23(31)22-19(11-12-34-22)30-24(29)27-28-25(30)35-15-17-7-5-6-8-18(17)26/h5-13H,3-4,14-15H2,1-2H3. The molecule has 0 bridgehead atoms. The number of hydrogen-bond donors (Lipinski definition) is 0. The number of fused-ring (bicyclic) bond motifs is 3. The van der Waals surface area contributed by atoms with Crippen molar-refractivity contribution in [2.24, 2.45) is 0 Å². The molecule has 0 aliphatic heterocycles. The van der Waals surface area contributed by atoms with Gasteiger partial charge in [0, 0.05) is 10.8 Å². The van der Waals surface area contributed by atoms with Crippen molar-refractivity contribution < 1.29 is 9.47 Å². The van der Waals surface area contributed by atoms with Crippen LogP contribution >= 0.6 is 34.7 Å². The molecular weight excluding hydrogens is 504 g/mol. The summed E-state index contributed by atoms with van der Waals surface area (Å²) in [7, 11) is 0. The number of halogens is 1. The number of rotatable bonds is 9. The lowest BCUT2D eigenvalue weighted by Gasteiger charge is -2.14. The van der Waals surface area contributed by atoms with Crippen LogP contribution in [0.25, 0.3) is 16.0 Å². The first-order valence-electron chi connectivity index (χ1n) is 11.2. The van der Waals surface area contributed by atoms with Crippen LogP contribution in [-0.2, 0) is 12.3 Å². The van der Waals surface area contributed by atoms with E-state index in [0.717, 1.165) is 16.6 Å². The molecule has 5 rings (SSSR count). The van der Waals surface area contributed by atoms with E-state index < -0.39 is 0 Å². The van der Waals surface area contributed by atoms with Gasteiger partial charge in [-0.2, -0.15) is 0 Å². The van der Waals surface area contributed by atoms with E-state index in [1.165, 1.54) is 23.1 Å². The highest BCUT2D eigenvalue weighted by molar-refractivity contribution is 7.98. The van der Waals surface area contributed by atoms with E-state index in [9.17, 15) is 4.79 Å². The summed E-state index contributed by atoms with van der Waals surface area (Å²) in [5, 5.41) is 12.2. The zero-order valence-electron chi connectivity index (χ0n) is 19.2. The number of ether oxygens (including phenoxy) is 2. The van der Waals surface area contributed by atoms with Crippen molar-refractivity contribution in [1.82, 2.24) is 19.2 Å². The number of thioether (sulfide) groups is 1. The van der Waals surface area contributed by atoms with E-state index in [4.69, 9.17) is 21.1 Å². The number of benzene rings is 2. The van der Waals surface area contributed by atoms with Gasteiger partial charge in [0.15, 0.2) is 16.7 Å². The van der Waals surface area contributed by atoms with E-state index in [0.29, 0.717) is 57.7 Å². The van der Waals surface area contributed by atoms with Crippen LogP contribution in [0.5, 0.6) is 11.5 Å². The van der Waals surface area contributed by atoms with Gasteiger partial charge in [0.1, 0.15) is 4.70 Å². The largest absolute Gasteiger partial charge is 0.490 e. The van der Waals surface area contributed by atoms with Gasteiger partial charge in [0.2, 0.25) is 5.78 Å². The van der Waals surface area contributed by atoms with Crippen molar-refractivity contribution in [3.63, 3.8) is 0 Å². The number of hydrogen-bond acceptors (Lipinski definition) is 7. The van der Waals surface area contributed by atoms with Crippen LogP contribution in [0.2, 0.25) is 5.02 Å². The lowest BCUT2D eigenvalue weighted by Crippen LogP contribution is -2.23. The third kappa shape index (κ3) is 4.63. The first-order valence-corrected chi connectivity index (χ1v) is 13.4. The third-order valence-electron chi connectivity index (χ3n) is 5.45. The summed E-state index contributed by atoms with van der Waals surface area (Å²) in [6.45, 7) is 5.26. The molecule has 7 nitrogen and oxygen atoms in total. The Labute approximate surface area is 215 Å². The predicted molar refractivity (Wildman–Crippen MR) is 142 cm³/mol. The minimum absolute atomic E-state index is 0.0931. The molecule has 0 aliphatic rings. The van der Waals surface area contributed by atoms with Gasteiger partial charge in [-0.25, -0.2) is 0 Å². The zero-order chi connectivity index (χ0) is 24.4. The summed E-state index contributed by atoms with van der Waals surface area (Å²) in [6, 6.07) is 15.4. The van der Waals surface area contributed by atoms with E-state index in [1.807, 2.05) is 72.2 Å². The van der Waals surface area contributed by atoms with E-state index >= 15 is 0 Å². The Balaban J connectivity index is 1.56. The quantitative estimate of drug-likeness (QED) is 0.223.